The molecule has 1 aromatic rings. The molecule has 1 aromatic heterocycles. The minimum atomic E-state index is -0.245. The fourth-order valence-corrected chi connectivity index (χ4v) is 3.35. The molecule has 0 saturated heterocycles. The van der Waals surface area contributed by atoms with E-state index in [4.69, 9.17) is 11.6 Å². The third-order valence-corrected chi connectivity index (χ3v) is 4.96. The van der Waals surface area contributed by atoms with Crippen LogP contribution in [0.2, 0.25) is 0 Å². The van der Waals surface area contributed by atoms with E-state index in [0.717, 1.165) is 19.4 Å². The van der Waals surface area contributed by atoms with Crippen molar-refractivity contribution in [1.82, 2.24) is 9.55 Å². The quantitative estimate of drug-likeness (QED) is 0.864. The molecule has 4 nitrogen and oxygen atoms in total. The summed E-state index contributed by atoms with van der Waals surface area (Å²) >= 11 is 6.20. The lowest BCUT2D eigenvalue weighted by Gasteiger charge is -2.35. The maximum absolute atomic E-state index is 12.5. The van der Waals surface area contributed by atoms with Gasteiger partial charge in [-0.1, -0.05) is 19.3 Å². The number of halogens is 1. The number of anilines is 1. The van der Waals surface area contributed by atoms with Crippen LogP contribution in [0, 0.1) is 5.41 Å². The summed E-state index contributed by atoms with van der Waals surface area (Å²) in [7, 11) is 0. The summed E-state index contributed by atoms with van der Waals surface area (Å²) in [6.07, 6.45) is 9.42. The average molecular weight is 312 g/mol. The number of nitrogens with one attached hydrogen (secondary N) is 1. The van der Waals surface area contributed by atoms with E-state index in [2.05, 4.69) is 10.3 Å². The van der Waals surface area contributed by atoms with Gasteiger partial charge in [-0.3, -0.25) is 4.79 Å². The fraction of sp³-hybridized carbons (Fsp3) is 0.750. The Morgan fingerprint density at radius 3 is 2.57 bits per heavy atom. The van der Waals surface area contributed by atoms with Gasteiger partial charge in [0.15, 0.2) is 5.82 Å². The number of hydrogen-bond acceptors (Lipinski definition) is 3. The smallest absolute Gasteiger partial charge is 0.293 e. The molecule has 1 saturated carbocycles. The van der Waals surface area contributed by atoms with Crippen LogP contribution in [0.1, 0.15) is 52.9 Å². The Balaban J connectivity index is 2.15. The molecule has 1 heterocycles. The van der Waals surface area contributed by atoms with Gasteiger partial charge in [0.25, 0.3) is 5.56 Å². The minimum Gasteiger partial charge on any atom is -0.365 e. The molecule has 0 unspecified atom stereocenters. The van der Waals surface area contributed by atoms with Gasteiger partial charge in [0.05, 0.1) is 0 Å². The van der Waals surface area contributed by atoms with Crippen LogP contribution in [0.4, 0.5) is 5.82 Å². The van der Waals surface area contributed by atoms with E-state index in [1.54, 1.807) is 17.0 Å². The van der Waals surface area contributed by atoms with E-state index in [1.807, 2.05) is 20.8 Å². The standard InChI is InChI=1S/C16H26ClN3O/c1-15(2,3)20-10-9-18-13(14(20)21)19-12-16(11-17)7-5-4-6-8-16/h9-10H,4-8,11-12H2,1-3H3,(H,18,19). The van der Waals surface area contributed by atoms with Crippen molar-refractivity contribution in [3.63, 3.8) is 0 Å². The third-order valence-electron chi connectivity index (χ3n) is 4.39. The first-order chi connectivity index (χ1) is 9.88. The molecule has 0 amide bonds. The molecule has 5 heteroatoms. The molecule has 1 N–H and O–H groups in total. The zero-order valence-corrected chi connectivity index (χ0v) is 14.0. The highest BCUT2D eigenvalue weighted by Gasteiger charge is 2.31. The van der Waals surface area contributed by atoms with Crippen molar-refractivity contribution in [2.75, 3.05) is 17.7 Å². The van der Waals surface area contributed by atoms with Gasteiger partial charge in [-0.15, -0.1) is 11.6 Å². The second-order valence-electron chi connectivity index (χ2n) is 7.17. The molecule has 118 valence electrons. The summed E-state index contributed by atoms with van der Waals surface area (Å²) < 4.78 is 1.72. The average Bonchev–Trinajstić information content (AvgIpc) is 2.46. The molecule has 1 aliphatic carbocycles. The highest BCUT2D eigenvalue weighted by atomic mass is 35.5. The molecule has 21 heavy (non-hydrogen) atoms. The first-order valence-corrected chi connectivity index (χ1v) is 8.29. The monoisotopic (exact) mass is 311 g/mol. The Kier molecular flexibility index (Phi) is 4.97. The van der Waals surface area contributed by atoms with Crippen LogP contribution in [0.25, 0.3) is 0 Å². The number of rotatable bonds is 4. The number of hydrogen-bond donors (Lipinski definition) is 1. The second kappa shape index (κ2) is 6.39. The van der Waals surface area contributed by atoms with Gasteiger partial charge < -0.3 is 9.88 Å². The van der Waals surface area contributed by atoms with E-state index in [9.17, 15) is 4.79 Å². The molecule has 2 rings (SSSR count). The number of nitrogens with zero attached hydrogens (tertiary/aromatic N) is 2. The summed E-state index contributed by atoms with van der Waals surface area (Å²) in [6, 6.07) is 0. The molecule has 0 aromatic carbocycles. The Hall–Kier alpha value is -1.03. The predicted octanol–water partition coefficient (Wildman–Crippen LogP) is 3.60. The minimum absolute atomic E-state index is 0.0643. The normalized spacial score (nSPS) is 18.5. The van der Waals surface area contributed by atoms with Gasteiger partial charge in [-0.25, -0.2) is 4.98 Å². The van der Waals surface area contributed by atoms with Crippen molar-refractivity contribution in [3.05, 3.63) is 22.7 Å². The largest absolute Gasteiger partial charge is 0.365 e. The summed E-state index contributed by atoms with van der Waals surface area (Å²) in [4.78, 5) is 16.7. The van der Waals surface area contributed by atoms with Crippen LogP contribution >= 0.6 is 11.6 Å². The Labute approximate surface area is 131 Å². The topological polar surface area (TPSA) is 46.9 Å². The fourth-order valence-electron chi connectivity index (χ4n) is 2.99. The lowest BCUT2D eigenvalue weighted by atomic mass is 9.75. The predicted molar refractivity (Wildman–Crippen MR) is 88.2 cm³/mol. The molecule has 0 spiro atoms. The molecule has 0 bridgehead atoms. The van der Waals surface area contributed by atoms with Gasteiger partial charge in [0.1, 0.15) is 0 Å². The van der Waals surface area contributed by atoms with Gasteiger partial charge in [0.2, 0.25) is 0 Å². The van der Waals surface area contributed by atoms with E-state index < -0.39 is 0 Å². The summed E-state index contributed by atoms with van der Waals surface area (Å²) in [6.45, 7) is 6.77. The lowest BCUT2D eigenvalue weighted by molar-refractivity contribution is 0.237. The molecule has 0 aliphatic heterocycles. The highest BCUT2D eigenvalue weighted by molar-refractivity contribution is 6.18. The summed E-state index contributed by atoms with van der Waals surface area (Å²) in [5, 5.41) is 3.26. The van der Waals surface area contributed by atoms with Crippen molar-refractivity contribution >= 4 is 17.4 Å². The molecule has 1 aliphatic rings. The molecule has 0 radical (unpaired) electrons. The van der Waals surface area contributed by atoms with E-state index in [1.165, 1.54) is 19.3 Å². The van der Waals surface area contributed by atoms with Crippen LogP contribution in [-0.4, -0.2) is 22.0 Å². The second-order valence-corrected chi connectivity index (χ2v) is 7.44. The third kappa shape index (κ3) is 3.79. The zero-order valence-electron chi connectivity index (χ0n) is 13.3. The number of alkyl halides is 1. The van der Waals surface area contributed by atoms with Crippen molar-refractivity contribution in [1.29, 1.82) is 0 Å². The van der Waals surface area contributed by atoms with E-state index >= 15 is 0 Å². The van der Waals surface area contributed by atoms with Crippen molar-refractivity contribution in [2.45, 2.75) is 58.4 Å². The SMILES string of the molecule is CC(C)(C)n1ccnc(NCC2(CCl)CCCCC2)c1=O. The maximum atomic E-state index is 12.5. The Bertz CT molecular complexity index is 527. The van der Waals surface area contributed by atoms with Crippen molar-refractivity contribution in [3.8, 4) is 0 Å². The van der Waals surface area contributed by atoms with Crippen molar-refractivity contribution in [2.24, 2.45) is 5.41 Å². The molecule has 0 atom stereocenters. The summed E-state index contributed by atoms with van der Waals surface area (Å²) in [5.41, 5.74) is -0.201. The number of aromatic nitrogens is 2. The van der Waals surface area contributed by atoms with Crippen molar-refractivity contribution < 1.29 is 0 Å². The molecule has 1 fully saturated rings. The molecular weight excluding hydrogens is 286 g/mol. The van der Waals surface area contributed by atoms with Crippen LogP contribution in [-0.2, 0) is 5.54 Å². The van der Waals surface area contributed by atoms with Crippen LogP contribution < -0.4 is 10.9 Å². The van der Waals surface area contributed by atoms with Gasteiger partial charge in [-0.2, -0.15) is 0 Å². The first kappa shape index (κ1) is 16.3. The lowest BCUT2D eigenvalue weighted by Crippen LogP contribution is -2.38. The highest BCUT2D eigenvalue weighted by Crippen LogP contribution is 2.37. The van der Waals surface area contributed by atoms with Gasteiger partial charge in [-0.05, 0) is 33.6 Å². The van der Waals surface area contributed by atoms with E-state index in [-0.39, 0.29) is 16.5 Å². The van der Waals surface area contributed by atoms with Crippen LogP contribution in [0.5, 0.6) is 0 Å². The van der Waals surface area contributed by atoms with E-state index in [0.29, 0.717) is 11.7 Å². The van der Waals surface area contributed by atoms with Gasteiger partial charge in [0, 0.05) is 35.8 Å². The van der Waals surface area contributed by atoms with Crippen LogP contribution in [0.15, 0.2) is 17.2 Å². The summed E-state index contributed by atoms with van der Waals surface area (Å²) in [5.74, 6) is 1.07. The Morgan fingerprint density at radius 1 is 1.33 bits per heavy atom. The van der Waals surface area contributed by atoms with Crippen LogP contribution in [0.3, 0.4) is 0 Å². The Morgan fingerprint density at radius 2 is 2.00 bits per heavy atom. The van der Waals surface area contributed by atoms with Gasteiger partial charge >= 0.3 is 0 Å². The molecular formula is C16H26ClN3O. The maximum Gasteiger partial charge on any atom is 0.293 e. The zero-order chi connectivity index (χ0) is 15.5. The first-order valence-electron chi connectivity index (χ1n) is 7.76.